The summed E-state index contributed by atoms with van der Waals surface area (Å²) in [6.45, 7) is 0. The normalized spacial score (nSPS) is 10.4. The number of hydrogen-bond donors (Lipinski definition) is 0. The molecule has 0 saturated carbocycles. The lowest BCUT2D eigenvalue weighted by atomic mass is 10.2. The zero-order valence-corrected chi connectivity index (χ0v) is 9.86. The Morgan fingerprint density at radius 2 is 1.93 bits per heavy atom. The molecule has 1 nitrogen and oxygen atoms in total. The van der Waals surface area contributed by atoms with Crippen LogP contribution in [0.1, 0.15) is 0 Å². The molecule has 0 saturated heterocycles. The van der Waals surface area contributed by atoms with Gasteiger partial charge in [-0.3, -0.25) is 0 Å². The monoisotopic (exact) mass is 222 g/mol. The molecule has 0 bridgehead atoms. The van der Waals surface area contributed by atoms with Crippen molar-refractivity contribution in [3.8, 4) is 11.3 Å². The van der Waals surface area contributed by atoms with Crippen molar-refractivity contribution in [3.05, 3.63) is 35.8 Å². The van der Waals surface area contributed by atoms with Gasteiger partial charge < -0.3 is 0 Å². The summed E-state index contributed by atoms with van der Waals surface area (Å²) in [5, 5.41) is 0. The number of thiazole rings is 1. The SMILES string of the molecule is CSc1sc[n+](C)c1-c1ccccc1. The predicted molar refractivity (Wildman–Crippen MR) is 62.7 cm³/mol. The van der Waals surface area contributed by atoms with E-state index in [0.717, 1.165) is 0 Å². The lowest BCUT2D eigenvalue weighted by Gasteiger charge is -1.96. The lowest BCUT2D eigenvalue weighted by Crippen LogP contribution is -2.27. The highest BCUT2D eigenvalue weighted by Crippen LogP contribution is 2.30. The van der Waals surface area contributed by atoms with Crippen molar-refractivity contribution >= 4 is 23.1 Å². The number of aryl methyl sites for hydroxylation is 1. The molecule has 0 spiro atoms. The molecule has 2 aromatic rings. The Labute approximate surface area is 92.4 Å². The van der Waals surface area contributed by atoms with Gasteiger partial charge in [-0.25, -0.2) is 0 Å². The predicted octanol–water partition coefficient (Wildman–Crippen LogP) is 2.96. The first-order valence-electron chi connectivity index (χ1n) is 4.39. The molecule has 14 heavy (non-hydrogen) atoms. The first-order valence-corrected chi connectivity index (χ1v) is 6.50. The quantitative estimate of drug-likeness (QED) is 0.558. The van der Waals surface area contributed by atoms with Gasteiger partial charge in [-0.15, -0.1) is 11.8 Å². The van der Waals surface area contributed by atoms with E-state index in [4.69, 9.17) is 0 Å². The standard InChI is InChI=1S/C11H12NS2/c1-12-8-14-11(13-2)10(12)9-6-4-3-5-7-9/h3-8H,1-2H3/q+1. The average Bonchev–Trinajstić information content (AvgIpc) is 2.61. The molecule has 0 radical (unpaired) electrons. The minimum Gasteiger partial charge on any atom is -0.190 e. The van der Waals surface area contributed by atoms with E-state index in [1.54, 1.807) is 11.3 Å². The van der Waals surface area contributed by atoms with Crippen LogP contribution in [-0.2, 0) is 7.05 Å². The molecule has 2 rings (SSSR count). The molecular weight excluding hydrogens is 210 g/mol. The maximum Gasteiger partial charge on any atom is 0.237 e. The first kappa shape index (κ1) is 9.74. The second-order valence-corrected chi connectivity index (χ2v) is 4.97. The molecule has 3 heteroatoms. The van der Waals surface area contributed by atoms with Crippen LogP contribution in [0.15, 0.2) is 40.1 Å². The number of benzene rings is 1. The van der Waals surface area contributed by atoms with Gasteiger partial charge >= 0.3 is 0 Å². The zero-order valence-electron chi connectivity index (χ0n) is 8.23. The Morgan fingerprint density at radius 1 is 1.21 bits per heavy atom. The maximum atomic E-state index is 2.19. The van der Waals surface area contributed by atoms with Gasteiger partial charge in [0.1, 0.15) is 11.3 Å². The molecular formula is C11H12NS2+. The minimum absolute atomic E-state index is 1.29. The van der Waals surface area contributed by atoms with Crippen LogP contribution in [0.25, 0.3) is 11.3 Å². The van der Waals surface area contributed by atoms with E-state index in [9.17, 15) is 0 Å². The molecule has 0 atom stereocenters. The summed E-state index contributed by atoms with van der Waals surface area (Å²) in [7, 11) is 2.10. The Morgan fingerprint density at radius 3 is 2.57 bits per heavy atom. The van der Waals surface area contributed by atoms with Crippen molar-refractivity contribution in [3.63, 3.8) is 0 Å². The van der Waals surface area contributed by atoms with E-state index in [1.807, 2.05) is 11.8 Å². The van der Waals surface area contributed by atoms with Gasteiger partial charge in [0.25, 0.3) is 0 Å². The minimum atomic E-state index is 1.29. The second kappa shape index (κ2) is 4.15. The highest BCUT2D eigenvalue weighted by atomic mass is 32.2. The van der Waals surface area contributed by atoms with Crippen molar-refractivity contribution in [2.24, 2.45) is 7.05 Å². The van der Waals surface area contributed by atoms with Crippen LogP contribution in [-0.4, -0.2) is 6.26 Å². The van der Waals surface area contributed by atoms with Gasteiger partial charge in [0.2, 0.25) is 11.2 Å². The van der Waals surface area contributed by atoms with Crippen molar-refractivity contribution in [2.75, 3.05) is 6.26 Å². The van der Waals surface area contributed by atoms with E-state index < -0.39 is 0 Å². The van der Waals surface area contributed by atoms with Crippen LogP contribution in [0.4, 0.5) is 0 Å². The van der Waals surface area contributed by atoms with E-state index in [2.05, 4.69) is 53.7 Å². The molecule has 0 aliphatic carbocycles. The smallest absolute Gasteiger partial charge is 0.190 e. The van der Waals surface area contributed by atoms with Gasteiger partial charge in [-0.1, -0.05) is 29.5 Å². The molecule has 0 amide bonds. The second-order valence-electron chi connectivity index (χ2n) is 3.04. The number of hydrogen-bond acceptors (Lipinski definition) is 2. The molecule has 1 heterocycles. The van der Waals surface area contributed by atoms with Crippen molar-refractivity contribution in [2.45, 2.75) is 4.21 Å². The number of rotatable bonds is 2. The van der Waals surface area contributed by atoms with Crippen molar-refractivity contribution in [1.82, 2.24) is 0 Å². The summed E-state index contributed by atoms with van der Waals surface area (Å²) in [5.41, 5.74) is 4.76. The van der Waals surface area contributed by atoms with Crippen molar-refractivity contribution in [1.29, 1.82) is 0 Å². The molecule has 0 fully saturated rings. The Bertz CT molecular complexity index is 420. The van der Waals surface area contributed by atoms with E-state index >= 15 is 0 Å². The van der Waals surface area contributed by atoms with E-state index in [1.165, 1.54) is 15.5 Å². The van der Waals surface area contributed by atoms with Gasteiger partial charge in [-0.05, 0) is 18.4 Å². The molecule has 0 aliphatic heterocycles. The third-order valence-corrected chi connectivity index (χ3v) is 4.28. The summed E-state index contributed by atoms with van der Waals surface area (Å²) in [6, 6.07) is 10.5. The van der Waals surface area contributed by atoms with Gasteiger partial charge in [0, 0.05) is 5.56 Å². The van der Waals surface area contributed by atoms with Crippen LogP contribution >= 0.6 is 23.1 Å². The fourth-order valence-corrected chi connectivity index (χ4v) is 3.14. The van der Waals surface area contributed by atoms with E-state index in [-0.39, 0.29) is 0 Å². The molecule has 0 unspecified atom stereocenters. The topological polar surface area (TPSA) is 3.88 Å². The molecule has 0 aliphatic rings. The van der Waals surface area contributed by atoms with Crippen LogP contribution in [0.5, 0.6) is 0 Å². The summed E-state index contributed by atoms with van der Waals surface area (Å²) in [4.78, 5) is 0. The highest BCUT2D eigenvalue weighted by Gasteiger charge is 2.17. The van der Waals surface area contributed by atoms with Gasteiger partial charge in [0.05, 0.1) is 0 Å². The summed E-state index contributed by atoms with van der Waals surface area (Å²) in [5.74, 6) is 0. The molecule has 0 N–H and O–H groups in total. The third kappa shape index (κ3) is 1.70. The maximum absolute atomic E-state index is 2.19. The Kier molecular flexibility index (Phi) is 2.89. The van der Waals surface area contributed by atoms with Gasteiger partial charge in [-0.2, -0.15) is 4.57 Å². The Balaban J connectivity index is 2.55. The first-order chi connectivity index (χ1) is 6.83. The fraction of sp³-hybridized carbons (Fsp3) is 0.182. The van der Waals surface area contributed by atoms with E-state index in [0.29, 0.717) is 0 Å². The largest absolute Gasteiger partial charge is 0.237 e. The van der Waals surface area contributed by atoms with Crippen LogP contribution in [0.3, 0.4) is 0 Å². The zero-order chi connectivity index (χ0) is 9.97. The molecule has 1 aromatic carbocycles. The summed E-state index contributed by atoms with van der Waals surface area (Å²) in [6.07, 6.45) is 2.12. The fourth-order valence-electron chi connectivity index (χ4n) is 1.44. The average molecular weight is 222 g/mol. The molecule has 1 aromatic heterocycles. The number of thioether (sulfide) groups is 1. The Hall–Kier alpha value is -0.800. The van der Waals surface area contributed by atoms with Crippen LogP contribution in [0.2, 0.25) is 0 Å². The van der Waals surface area contributed by atoms with Crippen LogP contribution < -0.4 is 4.57 Å². The summed E-state index contributed by atoms with van der Waals surface area (Å²) >= 11 is 3.61. The van der Waals surface area contributed by atoms with Crippen molar-refractivity contribution < 1.29 is 4.57 Å². The number of aromatic nitrogens is 1. The molecule has 72 valence electrons. The highest BCUT2D eigenvalue weighted by molar-refractivity contribution is 8.00. The summed E-state index contributed by atoms with van der Waals surface area (Å²) < 4.78 is 3.56. The third-order valence-electron chi connectivity index (χ3n) is 2.10. The van der Waals surface area contributed by atoms with Crippen LogP contribution in [0, 0.1) is 0 Å². The number of nitrogens with zero attached hydrogens (tertiary/aromatic N) is 1. The van der Waals surface area contributed by atoms with Gasteiger partial charge in [0.15, 0.2) is 0 Å². The lowest BCUT2D eigenvalue weighted by molar-refractivity contribution is -0.656.